The summed E-state index contributed by atoms with van der Waals surface area (Å²) < 4.78 is 0. The van der Waals surface area contributed by atoms with Crippen molar-refractivity contribution < 1.29 is 45.0 Å². The van der Waals surface area contributed by atoms with Gasteiger partial charge in [0.2, 0.25) is 5.78 Å². The Bertz CT molecular complexity index is 1230. The topological polar surface area (TPSA) is 202 Å². The van der Waals surface area contributed by atoms with E-state index in [9.17, 15) is 45.0 Å². The summed E-state index contributed by atoms with van der Waals surface area (Å²) >= 11 is 6.24. The predicted molar refractivity (Wildman–Crippen MR) is 117 cm³/mol. The SMILES string of the molecule is CN(C)C1C(=O)C(C(N)=O)=C(O)[C@@]2(O)C(=O)C3=C(O)c4c(O)ccc(Cl)c4[C@@](C)(O)[C@H]3[C@H](O)[C@@H]12. The van der Waals surface area contributed by atoms with Gasteiger partial charge in [-0.25, -0.2) is 0 Å². The van der Waals surface area contributed by atoms with Crippen LogP contribution in [0.1, 0.15) is 18.1 Å². The zero-order valence-electron chi connectivity index (χ0n) is 18.3. The second-order valence-electron chi connectivity index (χ2n) is 9.18. The molecule has 0 saturated heterocycles. The van der Waals surface area contributed by atoms with Gasteiger partial charge >= 0.3 is 0 Å². The number of carbonyl (C=O) groups excluding carboxylic acids is 3. The summed E-state index contributed by atoms with van der Waals surface area (Å²) in [6, 6.07) is 0.832. The van der Waals surface area contributed by atoms with E-state index >= 15 is 0 Å². The highest BCUT2D eigenvalue weighted by atomic mass is 35.5. The molecule has 1 aromatic rings. The van der Waals surface area contributed by atoms with Gasteiger partial charge in [0.15, 0.2) is 11.4 Å². The van der Waals surface area contributed by atoms with Gasteiger partial charge < -0.3 is 36.4 Å². The molecule has 1 aromatic carbocycles. The molecule has 34 heavy (non-hydrogen) atoms. The molecule has 11 nitrogen and oxygen atoms in total. The minimum Gasteiger partial charge on any atom is -0.508 e. The lowest BCUT2D eigenvalue weighted by molar-refractivity contribution is -0.181. The molecule has 1 amide bonds. The van der Waals surface area contributed by atoms with Gasteiger partial charge in [-0.3, -0.25) is 19.3 Å². The zero-order valence-corrected chi connectivity index (χ0v) is 19.0. The number of halogens is 1. The number of hydrogen-bond acceptors (Lipinski definition) is 10. The van der Waals surface area contributed by atoms with Crippen LogP contribution in [0, 0.1) is 11.8 Å². The van der Waals surface area contributed by atoms with Gasteiger partial charge in [-0.05, 0) is 33.2 Å². The molecular formula is C22H23ClN2O9. The molecule has 3 aliphatic rings. The molecule has 4 rings (SSSR count). The van der Waals surface area contributed by atoms with E-state index in [4.69, 9.17) is 17.3 Å². The lowest BCUT2D eigenvalue weighted by atomic mass is 9.53. The van der Waals surface area contributed by atoms with Gasteiger partial charge in [0.1, 0.15) is 22.8 Å². The average molecular weight is 495 g/mol. The number of phenols is 1. The number of amides is 1. The molecule has 0 aromatic heterocycles. The van der Waals surface area contributed by atoms with Crippen LogP contribution in [0.2, 0.25) is 5.02 Å². The first kappa shape index (κ1) is 24.2. The van der Waals surface area contributed by atoms with Gasteiger partial charge in [0, 0.05) is 10.6 Å². The standard InChI is InChI=1S/C22H23ClN2O9/c1-21(33)11-6(23)4-5-7(26)8(11)15(27)9-12(21)17(29)13-14(25(2)3)16(28)10(20(24)32)19(31)22(13,34)18(9)30/h4-5,12-14,17,26-27,29,31,33-34H,1-3H3,(H2,24,32)/t12-,13-,14?,17+,21-,22+/m1/s1. The molecule has 12 heteroatoms. The number of aliphatic hydroxyl groups excluding tert-OH is 3. The average Bonchev–Trinajstić information content (AvgIpc) is 2.72. The van der Waals surface area contributed by atoms with Crippen LogP contribution in [0.5, 0.6) is 5.75 Å². The van der Waals surface area contributed by atoms with Crippen molar-refractivity contribution in [3.63, 3.8) is 0 Å². The van der Waals surface area contributed by atoms with Gasteiger partial charge in [0.25, 0.3) is 5.91 Å². The molecule has 1 unspecified atom stereocenters. The van der Waals surface area contributed by atoms with Crippen LogP contribution >= 0.6 is 11.6 Å². The highest BCUT2D eigenvalue weighted by molar-refractivity contribution is 6.32. The highest BCUT2D eigenvalue weighted by Crippen LogP contribution is 2.58. The Morgan fingerprint density at radius 2 is 1.74 bits per heavy atom. The summed E-state index contributed by atoms with van der Waals surface area (Å²) in [6.45, 7) is 1.19. The Kier molecular flexibility index (Phi) is 5.17. The minimum absolute atomic E-state index is 0.0912. The van der Waals surface area contributed by atoms with Crippen LogP contribution in [-0.4, -0.2) is 84.9 Å². The Morgan fingerprint density at radius 3 is 2.26 bits per heavy atom. The maximum absolute atomic E-state index is 13.7. The highest BCUT2D eigenvalue weighted by Gasteiger charge is 2.70. The normalized spacial score (nSPS) is 35.3. The molecule has 8 N–H and O–H groups in total. The number of benzene rings is 1. The van der Waals surface area contributed by atoms with Crippen molar-refractivity contribution in [2.75, 3.05) is 14.1 Å². The van der Waals surface area contributed by atoms with Gasteiger partial charge in [-0.1, -0.05) is 11.6 Å². The molecular weight excluding hydrogens is 472 g/mol. The number of hydrogen-bond donors (Lipinski definition) is 7. The summed E-state index contributed by atoms with van der Waals surface area (Å²) in [5, 5.41) is 66.6. The fraction of sp³-hybridized carbons (Fsp3) is 0.409. The molecule has 0 bridgehead atoms. The number of phenolic OH excluding ortho intramolecular Hbond substituents is 1. The molecule has 0 heterocycles. The predicted octanol–water partition coefficient (Wildman–Crippen LogP) is -0.747. The molecule has 182 valence electrons. The van der Waals surface area contributed by atoms with Crippen LogP contribution in [0.3, 0.4) is 0 Å². The lowest BCUT2D eigenvalue weighted by Gasteiger charge is -2.55. The van der Waals surface area contributed by atoms with Crippen LogP contribution in [0.15, 0.2) is 29.0 Å². The Hall–Kier alpha value is -2.96. The number of carbonyl (C=O) groups is 3. The van der Waals surface area contributed by atoms with E-state index in [-0.39, 0.29) is 10.6 Å². The van der Waals surface area contributed by atoms with Crippen LogP contribution in [0.4, 0.5) is 0 Å². The van der Waals surface area contributed by atoms with Crippen LogP contribution in [0.25, 0.3) is 5.76 Å². The number of fused-ring (bicyclic) bond motifs is 3. The van der Waals surface area contributed by atoms with E-state index in [2.05, 4.69) is 0 Å². The van der Waals surface area contributed by atoms with Gasteiger partial charge in [-0.15, -0.1) is 0 Å². The van der Waals surface area contributed by atoms with Gasteiger partial charge in [-0.2, -0.15) is 0 Å². The Labute approximate surface area is 198 Å². The van der Waals surface area contributed by atoms with Crippen LogP contribution < -0.4 is 5.73 Å². The first-order chi connectivity index (χ1) is 15.6. The molecule has 0 radical (unpaired) electrons. The number of Topliss-reactive ketones (excluding diaryl/α,β-unsaturated/α-hetero) is 2. The first-order valence-electron chi connectivity index (χ1n) is 10.2. The number of likely N-dealkylation sites (N-methyl/N-ethyl adjacent to an activating group) is 1. The van der Waals surface area contributed by atoms with Crippen molar-refractivity contribution in [3.05, 3.63) is 45.2 Å². The summed E-state index contributed by atoms with van der Waals surface area (Å²) in [7, 11) is 2.76. The number of primary amides is 1. The number of aliphatic hydroxyl groups is 5. The molecule has 3 aliphatic carbocycles. The third kappa shape index (κ3) is 2.70. The third-order valence-electron chi connectivity index (χ3n) is 7.09. The second-order valence-corrected chi connectivity index (χ2v) is 9.58. The van der Waals surface area contributed by atoms with E-state index in [1.54, 1.807) is 0 Å². The summed E-state index contributed by atoms with van der Waals surface area (Å²) in [6.07, 6.45) is -1.94. The minimum atomic E-state index is -3.06. The number of rotatable bonds is 2. The van der Waals surface area contributed by atoms with E-state index < -0.39 is 86.6 Å². The van der Waals surface area contributed by atoms with E-state index in [0.717, 1.165) is 6.07 Å². The fourth-order valence-electron chi connectivity index (χ4n) is 5.68. The van der Waals surface area contributed by atoms with Crippen LogP contribution in [-0.2, 0) is 20.0 Å². The van der Waals surface area contributed by atoms with Crippen molar-refractivity contribution in [1.29, 1.82) is 0 Å². The summed E-state index contributed by atoms with van der Waals surface area (Å²) in [5.74, 6) is -10.1. The van der Waals surface area contributed by atoms with Crippen molar-refractivity contribution in [3.8, 4) is 5.75 Å². The summed E-state index contributed by atoms with van der Waals surface area (Å²) in [5.41, 5.74) is -2.33. The Morgan fingerprint density at radius 1 is 1.15 bits per heavy atom. The van der Waals surface area contributed by atoms with Crippen molar-refractivity contribution >= 4 is 34.8 Å². The maximum Gasteiger partial charge on any atom is 0.255 e. The third-order valence-corrected chi connectivity index (χ3v) is 7.40. The zero-order chi connectivity index (χ0) is 25.7. The van der Waals surface area contributed by atoms with Crippen molar-refractivity contribution in [2.24, 2.45) is 17.6 Å². The maximum atomic E-state index is 13.7. The largest absolute Gasteiger partial charge is 0.508 e. The van der Waals surface area contributed by atoms with E-state index in [1.165, 1.54) is 32.0 Å². The van der Waals surface area contributed by atoms with Gasteiger partial charge in [0.05, 0.1) is 40.7 Å². The molecule has 1 fully saturated rings. The van der Waals surface area contributed by atoms with Crippen molar-refractivity contribution in [1.82, 2.24) is 4.90 Å². The monoisotopic (exact) mass is 494 g/mol. The number of nitrogens with two attached hydrogens (primary N) is 1. The number of ketones is 2. The fourth-order valence-corrected chi connectivity index (χ4v) is 6.02. The van der Waals surface area contributed by atoms with E-state index in [0.29, 0.717) is 0 Å². The number of aromatic hydroxyl groups is 1. The smallest absolute Gasteiger partial charge is 0.255 e. The molecule has 6 atom stereocenters. The molecule has 0 spiro atoms. The van der Waals surface area contributed by atoms with E-state index in [1.807, 2.05) is 0 Å². The second kappa shape index (κ2) is 7.27. The summed E-state index contributed by atoms with van der Waals surface area (Å²) in [4.78, 5) is 40.0. The molecule has 0 aliphatic heterocycles. The quantitative estimate of drug-likeness (QED) is 0.256. The Balaban J connectivity index is 2.13. The first-order valence-corrected chi connectivity index (χ1v) is 10.6. The molecule has 1 saturated carbocycles. The number of nitrogens with zero attached hydrogens (tertiary/aromatic N) is 1. The lowest BCUT2D eigenvalue weighted by Crippen LogP contribution is -2.71. The van der Waals surface area contributed by atoms with Crippen molar-refractivity contribution in [2.45, 2.75) is 30.3 Å².